The fourth-order valence-electron chi connectivity index (χ4n) is 1.61. The molecular formula is C12H13ClN4O2. The Morgan fingerprint density at radius 2 is 2.32 bits per heavy atom. The quantitative estimate of drug-likeness (QED) is 0.504. The van der Waals surface area contributed by atoms with Gasteiger partial charge in [-0.15, -0.1) is 0 Å². The van der Waals surface area contributed by atoms with E-state index in [4.69, 9.17) is 22.0 Å². The van der Waals surface area contributed by atoms with E-state index in [2.05, 4.69) is 5.16 Å². The molecule has 0 aliphatic carbocycles. The normalized spacial score (nSPS) is 10.3. The summed E-state index contributed by atoms with van der Waals surface area (Å²) >= 11 is 5.93. The Bertz CT molecular complexity index is 585. The van der Waals surface area contributed by atoms with Crippen LogP contribution in [0.1, 0.15) is 16.2 Å². The summed E-state index contributed by atoms with van der Waals surface area (Å²) in [6, 6.07) is 8.99. The zero-order chi connectivity index (χ0) is 13.8. The topological polar surface area (TPSA) is 84.4 Å². The van der Waals surface area contributed by atoms with Crippen LogP contribution in [-0.4, -0.2) is 18.1 Å². The molecule has 19 heavy (non-hydrogen) atoms. The molecule has 1 heterocycles. The van der Waals surface area contributed by atoms with Gasteiger partial charge >= 0.3 is 5.91 Å². The highest BCUT2D eigenvalue weighted by Crippen LogP contribution is 2.19. The predicted molar refractivity (Wildman–Crippen MR) is 71.7 cm³/mol. The Kier molecular flexibility index (Phi) is 4.03. The fourth-order valence-corrected chi connectivity index (χ4v) is 1.80. The molecule has 1 aromatic carbocycles. The van der Waals surface area contributed by atoms with Gasteiger partial charge in [-0.05, 0) is 18.2 Å². The number of nitrogens with one attached hydrogen (secondary N) is 1. The highest BCUT2D eigenvalue weighted by atomic mass is 35.5. The molecule has 0 saturated heterocycles. The van der Waals surface area contributed by atoms with E-state index in [9.17, 15) is 4.79 Å². The minimum absolute atomic E-state index is 0.0806. The van der Waals surface area contributed by atoms with Gasteiger partial charge in [-0.2, -0.15) is 0 Å². The molecule has 0 fully saturated rings. The number of amides is 1. The number of carbonyl (C=O) groups is 1. The molecule has 2 rings (SSSR count). The van der Waals surface area contributed by atoms with Crippen molar-refractivity contribution in [3.8, 4) is 0 Å². The summed E-state index contributed by atoms with van der Waals surface area (Å²) in [4.78, 5) is 13.2. The van der Waals surface area contributed by atoms with Gasteiger partial charge in [0, 0.05) is 23.8 Å². The highest BCUT2D eigenvalue weighted by Gasteiger charge is 2.13. The molecule has 0 spiro atoms. The highest BCUT2D eigenvalue weighted by molar-refractivity contribution is 6.30. The van der Waals surface area contributed by atoms with E-state index in [1.165, 1.54) is 0 Å². The largest absolute Gasteiger partial charge is 0.369 e. The van der Waals surface area contributed by atoms with Gasteiger partial charge in [0.2, 0.25) is 5.76 Å². The van der Waals surface area contributed by atoms with Gasteiger partial charge in [0.15, 0.2) is 0 Å². The Balaban J connectivity index is 2.08. The Hall–Kier alpha value is -2.05. The minimum Gasteiger partial charge on any atom is -0.369 e. The number of hydrogen-bond acceptors (Lipinski definition) is 5. The maximum absolute atomic E-state index is 11.2. The predicted octanol–water partition coefficient (Wildman–Crippen LogP) is 1.57. The lowest BCUT2D eigenvalue weighted by Crippen LogP contribution is -2.29. The first-order valence-electron chi connectivity index (χ1n) is 5.53. The lowest BCUT2D eigenvalue weighted by molar-refractivity contribution is 0.0916. The zero-order valence-electron chi connectivity index (χ0n) is 10.3. The summed E-state index contributed by atoms with van der Waals surface area (Å²) in [5.41, 5.74) is 3.55. The minimum atomic E-state index is -0.510. The smallest absolute Gasteiger partial charge is 0.303 e. The lowest BCUT2D eigenvalue weighted by atomic mass is 10.2. The maximum atomic E-state index is 11.2. The lowest BCUT2D eigenvalue weighted by Gasteiger charge is -2.17. The van der Waals surface area contributed by atoms with Gasteiger partial charge < -0.3 is 9.42 Å². The number of nitrogens with zero attached hydrogens (tertiary/aromatic N) is 2. The molecule has 6 nitrogen and oxygen atoms in total. The third-order valence-electron chi connectivity index (χ3n) is 2.56. The van der Waals surface area contributed by atoms with Gasteiger partial charge in [-0.3, -0.25) is 10.2 Å². The summed E-state index contributed by atoms with van der Waals surface area (Å²) in [5, 5.41) is 4.47. The molecule has 0 aliphatic heterocycles. The molecule has 7 heteroatoms. The van der Waals surface area contributed by atoms with Crippen LogP contribution in [0.2, 0.25) is 5.02 Å². The number of nitrogen functional groups attached to an aromatic ring is 1. The van der Waals surface area contributed by atoms with Gasteiger partial charge in [0.25, 0.3) is 0 Å². The molecule has 0 atom stereocenters. The third kappa shape index (κ3) is 3.24. The standard InChI is InChI=1S/C12H13ClN4O2/c1-17(10-4-2-3-8(13)5-10)7-9-6-11(19-16-9)12(18)15-14/h2-6H,7,14H2,1H3,(H,15,18). The van der Waals surface area contributed by atoms with E-state index in [0.29, 0.717) is 17.3 Å². The van der Waals surface area contributed by atoms with Crippen molar-refractivity contribution < 1.29 is 9.32 Å². The van der Waals surface area contributed by atoms with Crippen LogP contribution in [0.15, 0.2) is 34.9 Å². The van der Waals surface area contributed by atoms with Crippen LogP contribution in [0.4, 0.5) is 5.69 Å². The summed E-state index contributed by atoms with van der Waals surface area (Å²) in [6.07, 6.45) is 0. The van der Waals surface area contributed by atoms with Gasteiger partial charge in [-0.1, -0.05) is 22.8 Å². The van der Waals surface area contributed by atoms with Crippen molar-refractivity contribution >= 4 is 23.2 Å². The Labute approximate surface area is 115 Å². The first-order valence-corrected chi connectivity index (χ1v) is 5.91. The van der Waals surface area contributed by atoms with Crippen molar-refractivity contribution in [2.24, 2.45) is 5.84 Å². The Morgan fingerprint density at radius 3 is 3.00 bits per heavy atom. The van der Waals surface area contributed by atoms with Crippen molar-refractivity contribution in [2.45, 2.75) is 6.54 Å². The van der Waals surface area contributed by atoms with Crippen LogP contribution < -0.4 is 16.2 Å². The van der Waals surface area contributed by atoms with Crippen LogP contribution in [0, 0.1) is 0 Å². The summed E-state index contributed by atoms with van der Waals surface area (Å²) in [7, 11) is 1.89. The molecule has 1 aromatic heterocycles. The van der Waals surface area contributed by atoms with Crippen molar-refractivity contribution in [1.29, 1.82) is 0 Å². The second-order valence-corrected chi connectivity index (χ2v) is 4.43. The van der Waals surface area contributed by atoms with Crippen LogP contribution >= 0.6 is 11.6 Å². The SMILES string of the molecule is CN(Cc1cc(C(=O)NN)on1)c1cccc(Cl)c1. The van der Waals surface area contributed by atoms with E-state index in [1.54, 1.807) is 12.1 Å². The van der Waals surface area contributed by atoms with E-state index >= 15 is 0 Å². The zero-order valence-corrected chi connectivity index (χ0v) is 11.0. The van der Waals surface area contributed by atoms with Crippen LogP contribution in [0.25, 0.3) is 0 Å². The summed E-state index contributed by atoms with van der Waals surface area (Å²) in [6.45, 7) is 0.488. The monoisotopic (exact) mass is 280 g/mol. The van der Waals surface area contributed by atoms with Crippen molar-refractivity contribution in [1.82, 2.24) is 10.6 Å². The molecular weight excluding hydrogens is 268 g/mol. The van der Waals surface area contributed by atoms with Crippen LogP contribution in [0.5, 0.6) is 0 Å². The number of halogens is 1. The molecule has 2 aromatic rings. The number of hydrazine groups is 1. The number of nitrogens with two attached hydrogens (primary N) is 1. The average molecular weight is 281 g/mol. The maximum Gasteiger partial charge on any atom is 0.303 e. The third-order valence-corrected chi connectivity index (χ3v) is 2.80. The number of rotatable bonds is 4. The van der Waals surface area contributed by atoms with Crippen molar-refractivity contribution in [3.63, 3.8) is 0 Å². The number of anilines is 1. The summed E-state index contributed by atoms with van der Waals surface area (Å²) < 4.78 is 4.88. The number of benzene rings is 1. The molecule has 0 radical (unpaired) electrons. The summed E-state index contributed by atoms with van der Waals surface area (Å²) in [5.74, 6) is 4.58. The van der Waals surface area contributed by atoms with Crippen molar-refractivity contribution in [2.75, 3.05) is 11.9 Å². The van der Waals surface area contributed by atoms with Gasteiger partial charge in [0.05, 0.1) is 6.54 Å². The first kappa shape index (κ1) is 13.4. The average Bonchev–Trinajstić information content (AvgIpc) is 2.86. The van der Waals surface area contributed by atoms with Crippen molar-refractivity contribution in [3.05, 3.63) is 46.8 Å². The number of hydrogen-bond donors (Lipinski definition) is 2. The second-order valence-electron chi connectivity index (χ2n) is 3.99. The van der Waals surface area contributed by atoms with Gasteiger partial charge in [-0.25, -0.2) is 5.84 Å². The molecule has 0 unspecified atom stereocenters. The molecule has 3 N–H and O–H groups in total. The van der Waals surface area contributed by atoms with E-state index in [-0.39, 0.29) is 5.76 Å². The molecule has 0 bridgehead atoms. The molecule has 0 saturated carbocycles. The van der Waals surface area contributed by atoms with Gasteiger partial charge in [0.1, 0.15) is 5.69 Å². The molecule has 1 amide bonds. The first-order chi connectivity index (χ1) is 9.10. The number of carbonyl (C=O) groups excluding carboxylic acids is 1. The van der Waals surface area contributed by atoms with E-state index in [0.717, 1.165) is 5.69 Å². The van der Waals surface area contributed by atoms with E-state index < -0.39 is 5.91 Å². The Morgan fingerprint density at radius 1 is 1.53 bits per heavy atom. The molecule has 0 aliphatic rings. The molecule has 100 valence electrons. The van der Waals surface area contributed by atoms with E-state index in [1.807, 2.05) is 35.6 Å². The number of aromatic nitrogens is 1. The fraction of sp³-hybridized carbons (Fsp3) is 0.167. The van der Waals surface area contributed by atoms with Crippen LogP contribution in [-0.2, 0) is 6.54 Å². The second kappa shape index (κ2) is 5.73. The van der Waals surface area contributed by atoms with Crippen LogP contribution in [0.3, 0.4) is 0 Å².